The van der Waals surface area contributed by atoms with Crippen molar-refractivity contribution in [3.05, 3.63) is 108 Å². The molecule has 1 unspecified atom stereocenters. The van der Waals surface area contributed by atoms with Gasteiger partial charge in [0.15, 0.2) is 16.7 Å². The van der Waals surface area contributed by atoms with Crippen LogP contribution in [0, 0.1) is 5.82 Å². The zero-order valence-corrected chi connectivity index (χ0v) is 24.8. The van der Waals surface area contributed by atoms with Crippen LogP contribution in [0.25, 0.3) is 20.7 Å². The molecule has 1 atom stereocenters. The zero-order valence-electron chi connectivity index (χ0n) is 23.1. The number of nitrogens with one attached hydrogen (secondary N) is 2. The molecule has 1 saturated heterocycles. The Morgan fingerprint density at radius 2 is 1.86 bits per heavy atom. The number of thiocarbonyl (C=S) groups is 1. The SMILES string of the molecule is O=C(Cc1ccccc1)NC(=S)Nc1ccc(Oc2ccnc3cc(-c4ccc(CN5CCC(O)C5)cc4)sc23)c(F)c1. The summed E-state index contributed by atoms with van der Waals surface area (Å²) in [4.78, 5) is 20.1. The van der Waals surface area contributed by atoms with Crippen LogP contribution in [0.2, 0.25) is 0 Å². The Morgan fingerprint density at radius 3 is 2.60 bits per heavy atom. The third-order valence-corrected chi connectivity index (χ3v) is 8.53. The highest BCUT2D eigenvalue weighted by molar-refractivity contribution is 7.80. The molecule has 0 spiro atoms. The van der Waals surface area contributed by atoms with E-state index in [0.29, 0.717) is 18.0 Å². The molecule has 43 heavy (non-hydrogen) atoms. The molecule has 0 saturated carbocycles. The first-order valence-corrected chi connectivity index (χ1v) is 15.1. The van der Waals surface area contributed by atoms with E-state index in [9.17, 15) is 9.90 Å². The Morgan fingerprint density at radius 1 is 1.05 bits per heavy atom. The first kappa shape index (κ1) is 28.9. The monoisotopic (exact) mass is 612 g/mol. The molecule has 1 aliphatic rings. The van der Waals surface area contributed by atoms with E-state index in [0.717, 1.165) is 45.7 Å². The zero-order chi connectivity index (χ0) is 29.8. The van der Waals surface area contributed by atoms with Crippen LogP contribution in [0.1, 0.15) is 17.5 Å². The highest BCUT2D eigenvalue weighted by atomic mass is 32.1. The molecule has 3 N–H and O–H groups in total. The van der Waals surface area contributed by atoms with Gasteiger partial charge in [-0.25, -0.2) is 4.39 Å². The van der Waals surface area contributed by atoms with Crippen molar-refractivity contribution in [3.8, 4) is 21.9 Å². The lowest BCUT2D eigenvalue weighted by atomic mass is 10.1. The van der Waals surface area contributed by atoms with Gasteiger partial charge in [-0.2, -0.15) is 0 Å². The van der Waals surface area contributed by atoms with Crippen LogP contribution < -0.4 is 15.4 Å². The second kappa shape index (κ2) is 13.0. The van der Waals surface area contributed by atoms with Crippen molar-refractivity contribution in [1.82, 2.24) is 15.2 Å². The Kier molecular flexibility index (Phi) is 8.71. The minimum Gasteiger partial charge on any atom is -0.453 e. The van der Waals surface area contributed by atoms with Gasteiger partial charge in [0.25, 0.3) is 0 Å². The Hall–Kier alpha value is -4.22. The first-order valence-electron chi connectivity index (χ1n) is 13.9. The van der Waals surface area contributed by atoms with Crippen LogP contribution in [0.15, 0.2) is 91.1 Å². The summed E-state index contributed by atoms with van der Waals surface area (Å²) in [6.07, 6.45) is 2.43. The van der Waals surface area contributed by atoms with Crippen molar-refractivity contribution in [2.45, 2.75) is 25.5 Å². The van der Waals surface area contributed by atoms with Crippen molar-refractivity contribution in [2.24, 2.45) is 0 Å². The summed E-state index contributed by atoms with van der Waals surface area (Å²) in [5.41, 5.74) is 4.28. The lowest BCUT2D eigenvalue weighted by Crippen LogP contribution is -2.35. The van der Waals surface area contributed by atoms with Gasteiger partial charge in [-0.3, -0.25) is 14.7 Å². The number of nitrogens with zero attached hydrogens (tertiary/aromatic N) is 2. The van der Waals surface area contributed by atoms with Gasteiger partial charge in [0.1, 0.15) is 5.75 Å². The number of ether oxygens (including phenoxy) is 1. The molecule has 1 fully saturated rings. The maximum Gasteiger partial charge on any atom is 0.230 e. The highest BCUT2D eigenvalue weighted by Crippen LogP contribution is 2.40. The number of hydrogen-bond acceptors (Lipinski definition) is 7. The van der Waals surface area contributed by atoms with Crippen LogP contribution in [-0.4, -0.2) is 45.2 Å². The van der Waals surface area contributed by atoms with Gasteiger partial charge in [0.2, 0.25) is 5.91 Å². The Labute approximate surface area is 258 Å². The molecule has 2 aromatic heterocycles. The van der Waals surface area contributed by atoms with Crippen molar-refractivity contribution in [1.29, 1.82) is 0 Å². The molecule has 3 aromatic carbocycles. The van der Waals surface area contributed by atoms with E-state index in [2.05, 4.69) is 44.8 Å². The number of aliphatic hydroxyl groups is 1. The highest BCUT2D eigenvalue weighted by Gasteiger charge is 2.20. The van der Waals surface area contributed by atoms with E-state index in [1.165, 1.54) is 29.0 Å². The number of hydrogen-bond donors (Lipinski definition) is 3. The van der Waals surface area contributed by atoms with E-state index >= 15 is 4.39 Å². The summed E-state index contributed by atoms with van der Waals surface area (Å²) in [7, 11) is 0. The summed E-state index contributed by atoms with van der Waals surface area (Å²) in [6.45, 7) is 2.44. The van der Waals surface area contributed by atoms with Crippen molar-refractivity contribution >= 4 is 50.5 Å². The minimum atomic E-state index is -0.578. The second-order valence-electron chi connectivity index (χ2n) is 10.4. The molecule has 218 valence electrons. The molecule has 0 aliphatic carbocycles. The van der Waals surface area contributed by atoms with Crippen LogP contribution in [-0.2, 0) is 17.8 Å². The summed E-state index contributed by atoms with van der Waals surface area (Å²) < 4.78 is 21.9. The number of fused-ring (bicyclic) bond motifs is 1. The average molecular weight is 613 g/mol. The fourth-order valence-electron chi connectivity index (χ4n) is 5.02. The number of thiophene rings is 1. The quantitative estimate of drug-likeness (QED) is 0.172. The number of rotatable bonds is 8. The maximum absolute atomic E-state index is 15.1. The maximum atomic E-state index is 15.1. The smallest absolute Gasteiger partial charge is 0.230 e. The molecule has 10 heteroatoms. The number of likely N-dealkylation sites (tertiary alicyclic amines) is 1. The third-order valence-electron chi connectivity index (χ3n) is 7.14. The van der Waals surface area contributed by atoms with Crippen molar-refractivity contribution < 1.29 is 19.0 Å². The van der Waals surface area contributed by atoms with E-state index in [4.69, 9.17) is 17.0 Å². The predicted octanol–water partition coefficient (Wildman–Crippen LogP) is 6.52. The molecule has 7 nitrogen and oxygen atoms in total. The normalized spacial score (nSPS) is 15.0. The predicted molar refractivity (Wildman–Crippen MR) is 172 cm³/mol. The Balaban J connectivity index is 1.10. The van der Waals surface area contributed by atoms with Crippen LogP contribution in [0.3, 0.4) is 0 Å². The lowest BCUT2D eigenvalue weighted by molar-refractivity contribution is -0.119. The molecule has 0 bridgehead atoms. The molecular formula is C33H29FN4O3S2. The molecular weight excluding hydrogens is 584 g/mol. The van der Waals surface area contributed by atoms with Gasteiger partial charge >= 0.3 is 0 Å². The van der Waals surface area contributed by atoms with E-state index in [1.54, 1.807) is 18.3 Å². The van der Waals surface area contributed by atoms with E-state index < -0.39 is 5.82 Å². The minimum absolute atomic E-state index is 0.0587. The fraction of sp³-hybridized carbons (Fsp3) is 0.182. The number of anilines is 1. The van der Waals surface area contributed by atoms with Crippen LogP contribution in [0.4, 0.5) is 10.1 Å². The van der Waals surface area contributed by atoms with E-state index in [1.807, 2.05) is 36.4 Å². The van der Waals surface area contributed by atoms with Gasteiger partial charge in [0, 0.05) is 48.5 Å². The standard InChI is InChI=1S/C33H29FN4O3S2/c34-26-17-24(36-33(42)37-31(40)16-21-4-2-1-3-5-21)10-11-28(26)41-29-12-14-35-27-18-30(43-32(27)29)23-8-6-22(7-9-23)19-38-15-13-25(39)20-38/h1-12,14,17-18,25,39H,13,15-16,19-20H2,(H2,36,37,40,42). The van der Waals surface area contributed by atoms with Crippen LogP contribution >= 0.6 is 23.6 Å². The fourth-order valence-corrected chi connectivity index (χ4v) is 6.32. The lowest BCUT2D eigenvalue weighted by Gasteiger charge is -2.14. The number of aliphatic hydroxyl groups excluding tert-OH is 1. The largest absolute Gasteiger partial charge is 0.453 e. The molecule has 6 rings (SSSR count). The third kappa shape index (κ3) is 7.23. The number of halogens is 1. The summed E-state index contributed by atoms with van der Waals surface area (Å²) >= 11 is 6.77. The van der Waals surface area contributed by atoms with Gasteiger partial charge < -0.3 is 20.5 Å². The van der Waals surface area contributed by atoms with Gasteiger partial charge in [0.05, 0.1) is 22.7 Å². The molecule has 3 heterocycles. The number of benzene rings is 3. The Bertz CT molecular complexity index is 1760. The topological polar surface area (TPSA) is 86.7 Å². The van der Waals surface area contributed by atoms with Crippen molar-refractivity contribution in [2.75, 3.05) is 18.4 Å². The van der Waals surface area contributed by atoms with Gasteiger partial charge in [-0.15, -0.1) is 11.3 Å². The number of aromatic nitrogens is 1. The number of carbonyl (C=O) groups excluding carboxylic acids is 1. The van der Waals surface area contributed by atoms with E-state index in [-0.39, 0.29) is 29.3 Å². The molecule has 0 radical (unpaired) electrons. The molecule has 1 amide bonds. The first-order chi connectivity index (χ1) is 20.9. The summed E-state index contributed by atoms with van der Waals surface area (Å²) in [6, 6.07) is 25.9. The number of amides is 1. The van der Waals surface area contributed by atoms with Gasteiger partial charge in [-0.1, -0.05) is 54.6 Å². The van der Waals surface area contributed by atoms with Gasteiger partial charge in [-0.05, 0) is 53.5 Å². The molecule has 5 aromatic rings. The number of pyridine rings is 1. The summed E-state index contributed by atoms with van der Waals surface area (Å²) in [5, 5.41) is 15.3. The average Bonchev–Trinajstić information content (AvgIpc) is 3.61. The summed E-state index contributed by atoms with van der Waals surface area (Å²) in [5.74, 6) is -0.275. The molecule has 1 aliphatic heterocycles. The number of β-amino-alcohol motifs (C(OH)–C–C–N with tert-alkyl or cyclic N) is 1. The second-order valence-corrected chi connectivity index (χ2v) is 11.9. The van der Waals surface area contributed by atoms with Crippen molar-refractivity contribution in [3.63, 3.8) is 0 Å². The number of carbonyl (C=O) groups is 1. The van der Waals surface area contributed by atoms with Crippen LogP contribution in [0.5, 0.6) is 11.5 Å².